The van der Waals surface area contributed by atoms with Crippen molar-refractivity contribution in [2.45, 2.75) is 69.5 Å². The van der Waals surface area contributed by atoms with Crippen molar-refractivity contribution in [3.05, 3.63) is 0 Å². The number of hydrogen-bond acceptors (Lipinski definition) is 3. The summed E-state index contributed by atoms with van der Waals surface area (Å²) in [6, 6.07) is -0.348. The van der Waals surface area contributed by atoms with E-state index in [4.69, 9.17) is 4.74 Å². The molecule has 1 saturated carbocycles. The van der Waals surface area contributed by atoms with Gasteiger partial charge in [-0.2, -0.15) is 0 Å². The van der Waals surface area contributed by atoms with Crippen LogP contribution < -0.4 is 10.6 Å². The molecule has 1 heterocycles. The van der Waals surface area contributed by atoms with Crippen molar-refractivity contribution in [1.29, 1.82) is 0 Å². The quantitative estimate of drug-likeness (QED) is 0.656. The van der Waals surface area contributed by atoms with Crippen LogP contribution in [0.15, 0.2) is 0 Å². The summed E-state index contributed by atoms with van der Waals surface area (Å²) in [5.41, 5.74) is -1.36. The average Bonchev–Trinajstić information content (AvgIpc) is 2.83. The van der Waals surface area contributed by atoms with Crippen LogP contribution in [0.1, 0.15) is 57.8 Å². The normalized spacial score (nSPS) is 23.7. The van der Waals surface area contributed by atoms with Crippen LogP contribution in [0.4, 0.5) is 9.18 Å². The number of rotatable bonds is 6. The van der Waals surface area contributed by atoms with Crippen LogP contribution in [-0.4, -0.2) is 49.2 Å². The molecule has 2 aliphatic rings. The predicted molar refractivity (Wildman–Crippen MR) is 87.1 cm³/mol. The number of carbonyl (C=O) groups excluding carboxylic acids is 1. The second-order valence-electron chi connectivity index (χ2n) is 6.96. The molecule has 1 aliphatic carbocycles. The molecule has 3 N–H and O–H groups in total. The number of aliphatic hydroxyl groups excluding tert-OH is 1. The lowest BCUT2D eigenvalue weighted by Crippen LogP contribution is -2.50. The van der Waals surface area contributed by atoms with Crippen LogP contribution in [0.3, 0.4) is 0 Å². The van der Waals surface area contributed by atoms with Crippen molar-refractivity contribution in [3.8, 4) is 0 Å². The fraction of sp³-hybridized carbons (Fsp3) is 0.941. The van der Waals surface area contributed by atoms with E-state index >= 15 is 0 Å². The maximum absolute atomic E-state index is 14.5. The van der Waals surface area contributed by atoms with Crippen molar-refractivity contribution in [2.24, 2.45) is 5.92 Å². The monoisotopic (exact) mass is 330 g/mol. The molecule has 0 bridgehead atoms. The van der Waals surface area contributed by atoms with Gasteiger partial charge in [-0.25, -0.2) is 9.18 Å². The minimum absolute atomic E-state index is 0.0247. The lowest BCUT2D eigenvalue weighted by atomic mass is 9.90. The summed E-state index contributed by atoms with van der Waals surface area (Å²) >= 11 is 0. The maximum atomic E-state index is 14.5. The molecule has 0 aromatic carbocycles. The first-order valence-corrected chi connectivity index (χ1v) is 9.05. The van der Waals surface area contributed by atoms with Crippen molar-refractivity contribution < 1.29 is 19.0 Å². The predicted octanol–water partition coefficient (Wildman–Crippen LogP) is 2.53. The largest absolute Gasteiger partial charge is 0.396 e. The van der Waals surface area contributed by atoms with Gasteiger partial charge in [-0.3, -0.25) is 0 Å². The first-order chi connectivity index (χ1) is 11.1. The van der Waals surface area contributed by atoms with Gasteiger partial charge in [0, 0.05) is 38.7 Å². The SMILES string of the molecule is O=C(NCC1(F)CCOCC1)NC(CCO)C1CCCCCC1. The summed E-state index contributed by atoms with van der Waals surface area (Å²) in [5.74, 6) is 0.415. The Morgan fingerprint density at radius 1 is 1.22 bits per heavy atom. The van der Waals surface area contributed by atoms with Gasteiger partial charge < -0.3 is 20.5 Å². The molecule has 5 nitrogen and oxygen atoms in total. The van der Waals surface area contributed by atoms with Crippen LogP contribution >= 0.6 is 0 Å². The molecular weight excluding hydrogens is 299 g/mol. The van der Waals surface area contributed by atoms with Gasteiger partial charge in [-0.05, 0) is 25.2 Å². The molecule has 0 spiro atoms. The second kappa shape index (κ2) is 9.42. The van der Waals surface area contributed by atoms with Crippen molar-refractivity contribution >= 4 is 6.03 Å². The fourth-order valence-corrected chi connectivity index (χ4v) is 3.65. The first-order valence-electron chi connectivity index (χ1n) is 9.05. The van der Waals surface area contributed by atoms with E-state index in [2.05, 4.69) is 10.6 Å². The number of nitrogens with one attached hydrogen (secondary N) is 2. The van der Waals surface area contributed by atoms with Crippen LogP contribution in [0.5, 0.6) is 0 Å². The molecule has 2 fully saturated rings. The zero-order valence-corrected chi connectivity index (χ0v) is 14.0. The Morgan fingerprint density at radius 2 is 1.87 bits per heavy atom. The Hall–Kier alpha value is -0.880. The lowest BCUT2D eigenvalue weighted by Gasteiger charge is -2.31. The summed E-state index contributed by atoms with van der Waals surface area (Å²) in [6.07, 6.45) is 8.28. The molecule has 2 amide bonds. The third-order valence-corrected chi connectivity index (χ3v) is 5.18. The number of urea groups is 1. The van der Waals surface area contributed by atoms with Crippen LogP contribution in [0.25, 0.3) is 0 Å². The molecule has 0 aromatic heterocycles. The number of ether oxygens (including phenoxy) is 1. The van der Waals surface area contributed by atoms with Crippen LogP contribution in [0, 0.1) is 5.92 Å². The third kappa shape index (κ3) is 6.26. The van der Waals surface area contributed by atoms with E-state index in [-0.39, 0.29) is 25.2 Å². The number of aliphatic hydroxyl groups is 1. The van der Waals surface area contributed by atoms with Crippen LogP contribution in [-0.2, 0) is 4.74 Å². The van der Waals surface area contributed by atoms with Gasteiger partial charge in [0.25, 0.3) is 0 Å². The van der Waals surface area contributed by atoms with Gasteiger partial charge in [0.05, 0.1) is 6.54 Å². The Labute approximate surface area is 138 Å². The van der Waals surface area contributed by atoms with Gasteiger partial charge in [0.2, 0.25) is 0 Å². The highest BCUT2D eigenvalue weighted by atomic mass is 19.1. The summed E-state index contributed by atoms with van der Waals surface area (Å²) in [4.78, 5) is 12.1. The smallest absolute Gasteiger partial charge is 0.315 e. The molecule has 1 aliphatic heterocycles. The molecule has 134 valence electrons. The minimum atomic E-state index is -1.36. The Bertz CT molecular complexity index is 354. The zero-order chi connectivity index (χ0) is 16.5. The number of hydrogen-bond donors (Lipinski definition) is 3. The highest BCUT2D eigenvalue weighted by Crippen LogP contribution is 2.27. The summed E-state index contributed by atoms with van der Waals surface area (Å²) in [7, 11) is 0. The molecule has 0 aromatic rings. The molecular formula is C17H31FN2O3. The van der Waals surface area contributed by atoms with Crippen LogP contribution in [0.2, 0.25) is 0 Å². The van der Waals surface area contributed by atoms with Gasteiger partial charge in [-0.15, -0.1) is 0 Å². The Kier molecular flexibility index (Phi) is 7.56. The van der Waals surface area contributed by atoms with E-state index < -0.39 is 5.67 Å². The molecule has 0 radical (unpaired) electrons. The minimum Gasteiger partial charge on any atom is -0.396 e. The van der Waals surface area contributed by atoms with Crippen molar-refractivity contribution in [1.82, 2.24) is 10.6 Å². The molecule has 2 rings (SSSR count). The zero-order valence-electron chi connectivity index (χ0n) is 14.0. The molecule has 23 heavy (non-hydrogen) atoms. The van der Waals surface area contributed by atoms with E-state index in [0.29, 0.717) is 38.4 Å². The Balaban J connectivity index is 1.79. The number of alkyl halides is 1. The summed E-state index contributed by atoms with van der Waals surface area (Å²) in [5, 5.41) is 14.9. The first kappa shape index (κ1) is 18.5. The van der Waals surface area contributed by atoms with E-state index in [1.807, 2.05) is 0 Å². The molecule has 1 atom stereocenters. The lowest BCUT2D eigenvalue weighted by molar-refractivity contribution is -0.00654. The third-order valence-electron chi connectivity index (χ3n) is 5.18. The second-order valence-corrected chi connectivity index (χ2v) is 6.96. The topological polar surface area (TPSA) is 70.6 Å². The molecule has 6 heteroatoms. The van der Waals surface area contributed by atoms with Crippen molar-refractivity contribution in [3.63, 3.8) is 0 Å². The standard InChI is InChI=1S/C17H31FN2O3/c18-17(8-11-23-12-9-17)13-19-16(22)20-15(7-10-21)14-5-3-1-2-4-6-14/h14-15,21H,1-13H2,(H2,19,20,22). The van der Waals surface area contributed by atoms with E-state index in [1.54, 1.807) is 0 Å². The number of halogens is 1. The number of amides is 2. The van der Waals surface area contributed by atoms with E-state index in [1.165, 1.54) is 25.7 Å². The van der Waals surface area contributed by atoms with Gasteiger partial charge in [0.1, 0.15) is 5.67 Å². The van der Waals surface area contributed by atoms with E-state index in [9.17, 15) is 14.3 Å². The fourth-order valence-electron chi connectivity index (χ4n) is 3.65. The molecule has 1 unspecified atom stereocenters. The number of carbonyl (C=O) groups is 1. The maximum Gasteiger partial charge on any atom is 0.315 e. The van der Waals surface area contributed by atoms with Crippen molar-refractivity contribution in [2.75, 3.05) is 26.4 Å². The summed E-state index contributed by atoms with van der Waals surface area (Å²) in [6.45, 7) is 0.911. The van der Waals surface area contributed by atoms with E-state index in [0.717, 1.165) is 12.8 Å². The highest BCUT2D eigenvalue weighted by molar-refractivity contribution is 5.74. The molecule has 1 saturated heterocycles. The van der Waals surface area contributed by atoms with Gasteiger partial charge in [-0.1, -0.05) is 25.7 Å². The van der Waals surface area contributed by atoms with Gasteiger partial charge in [0.15, 0.2) is 0 Å². The summed E-state index contributed by atoms with van der Waals surface area (Å²) < 4.78 is 19.6. The highest BCUT2D eigenvalue weighted by Gasteiger charge is 2.33. The average molecular weight is 330 g/mol. The Morgan fingerprint density at radius 3 is 2.48 bits per heavy atom. The van der Waals surface area contributed by atoms with Gasteiger partial charge >= 0.3 is 6.03 Å².